The summed E-state index contributed by atoms with van der Waals surface area (Å²) in [6.45, 7) is 3.84. The van der Waals surface area contributed by atoms with Gasteiger partial charge in [-0.05, 0) is 25.9 Å². The maximum atomic E-state index is 12.1. The van der Waals surface area contributed by atoms with Gasteiger partial charge >= 0.3 is 5.97 Å². The quantitative estimate of drug-likeness (QED) is 0.741. The molecule has 92 valence electrons. The van der Waals surface area contributed by atoms with Crippen molar-refractivity contribution in [2.24, 2.45) is 5.92 Å². The van der Waals surface area contributed by atoms with Crippen molar-refractivity contribution in [3.8, 4) is 0 Å². The number of hydrogen-bond acceptors (Lipinski definition) is 4. The molecular weight excluding hydrogens is 230 g/mol. The summed E-state index contributed by atoms with van der Waals surface area (Å²) in [5, 5.41) is 9.15. The molecule has 1 N–H and O–H groups in total. The van der Waals surface area contributed by atoms with Crippen LogP contribution >= 0.6 is 0 Å². The fourth-order valence-corrected chi connectivity index (χ4v) is 5.38. The number of sulfone groups is 1. The van der Waals surface area contributed by atoms with E-state index in [1.54, 1.807) is 0 Å². The lowest BCUT2D eigenvalue weighted by Gasteiger charge is -2.27. The molecule has 0 aliphatic carbocycles. The number of hydrogen-bond donors (Lipinski definition) is 1. The Bertz CT molecular complexity index is 405. The highest BCUT2D eigenvalue weighted by Crippen LogP contribution is 2.44. The first-order valence-electron chi connectivity index (χ1n) is 5.60. The molecule has 16 heavy (non-hydrogen) atoms. The van der Waals surface area contributed by atoms with Crippen molar-refractivity contribution in [3.63, 3.8) is 0 Å². The van der Waals surface area contributed by atoms with Crippen LogP contribution in [0.3, 0.4) is 0 Å². The van der Waals surface area contributed by atoms with E-state index in [4.69, 9.17) is 5.11 Å². The van der Waals surface area contributed by atoms with Crippen LogP contribution in [-0.4, -0.2) is 54.5 Å². The van der Waals surface area contributed by atoms with Gasteiger partial charge in [-0.15, -0.1) is 0 Å². The second-order valence-corrected chi connectivity index (χ2v) is 7.13. The van der Waals surface area contributed by atoms with Gasteiger partial charge in [-0.2, -0.15) is 0 Å². The van der Waals surface area contributed by atoms with Gasteiger partial charge in [0.1, 0.15) is 0 Å². The predicted octanol–water partition coefficient (Wildman–Crippen LogP) is -0.0299. The molecule has 0 radical (unpaired) electrons. The molecule has 1 spiro atoms. The summed E-state index contributed by atoms with van der Waals surface area (Å²) >= 11 is 0. The van der Waals surface area contributed by atoms with E-state index in [-0.39, 0.29) is 12.2 Å². The normalized spacial score (nSPS) is 38.2. The second kappa shape index (κ2) is 3.70. The monoisotopic (exact) mass is 247 g/mol. The highest BCUT2D eigenvalue weighted by atomic mass is 32.2. The van der Waals surface area contributed by atoms with E-state index >= 15 is 0 Å². The summed E-state index contributed by atoms with van der Waals surface area (Å²) in [7, 11) is -3.25. The fraction of sp³-hybridized carbons (Fsp3) is 0.900. The fourth-order valence-electron chi connectivity index (χ4n) is 3.00. The number of carboxylic acid groups (broad SMARTS) is 1. The molecule has 2 unspecified atom stereocenters. The number of likely N-dealkylation sites (tertiary alicyclic amines) is 1. The maximum Gasteiger partial charge on any atom is 0.308 e. The van der Waals surface area contributed by atoms with Gasteiger partial charge in [-0.25, -0.2) is 8.42 Å². The molecule has 0 amide bonds. The van der Waals surface area contributed by atoms with Crippen LogP contribution in [0.5, 0.6) is 0 Å². The number of nitrogens with zero attached hydrogens (tertiary/aromatic N) is 1. The highest BCUT2D eigenvalue weighted by Gasteiger charge is 2.60. The largest absolute Gasteiger partial charge is 0.481 e. The Morgan fingerprint density at radius 3 is 2.75 bits per heavy atom. The van der Waals surface area contributed by atoms with Crippen molar-refractivity contribution in [2.75, 3.05) is 25.4 Å². The Hall–Kier alpha value is -0.620. The van der Waals surface area contributed by atoms with Gasteiger partial charge in [0.15, 0.2) is 9.84 Å². The minimum atomic E-state index is -3.25. The first kappa shape index (κ1) is 11.9. The number of aliphatic carboxylic acids is 1. The molecule has 2 rings (SSSR count). The van der Waals surface area contributed by atoms with Gasteiger partial charge in [-0.3, -0.25) is 4.79 Å². The third-order valence-corrected chi connectivity index (χ3v) is 6.65. The van der Waals surface area contributed by atoms with Crippen molar-refractivity contribution >= 4 is 15.8 Å². The third-order valence-electron chi connectivity index (χ3n) is 4.02. The number of carboxylic acids is 1. The van der Waals surface area contributed by atoms with Crippen LogP contribution in [0, 0.1) is 5.92 Å². The second-order valence-electron chi connectivity index (χ2n) is 4.68. The van der Waals surface area contributed by atoms with Crippen molar-refractivity contribution in [1.29, 1.82) is 0 Å². The molecule has 2 heterocycles. The molecule has 2 atom stereocenters. The van der Waals surface area contributed by atoms with E-state index in [0.29, 0.717) is 19.5 Å². The molecule has 2 fully saturated rings. The van der Waals surface area contributed by atoms with Crippen LogP contribution in [0.25, 0.3) is 0 Å². The summed E-state index contributed by atoms with van der Waals surface area (Å²) in [5.41, 5.74) is 0. The number of carbonyl (C=O) groups is 1. The lowest BCUT2D eigenvalue weighted by atomic mass is 9.89. The average Bonchev–Trinajstić information content (AvgIpc) is 2.72. The molecule has 2 aliphatic rings. The van der Waals surface area contributed by atoms with Crippen molar-refractivity contribution in [3.05, 3.63) is 0 Å². The Morgan fingerprint density at radius 2 is 2.25 bits per heavy atom. The van der Waals surface area contributed by atoms with E-state index in [0.717, 1.165) is 6.54 Å². The van der Waals surface area contributed by atoms with Gasteiger partial charge in [-0.1, -0.05) is 6.92 Å². The first-order valence-corrected chi connectivity index (χ1v) is 7.25. The number of rotatable bonds is 2. The highest BCUT2D eigenvalue weighted by molar-refractivity contribution is 7.93. The van der Waals surface area contributed by atoms with Gasteiger partial charge in [0.05, 0.1) is 16.4 Å². The zero-order valence-corrected chi connectivity index (χ0v) is 10.2. The minimum absolute atomic E-state index is 0.0293. The van der Waals surface area contributed by atoms with Crippen LogP contribution in [0.15, 0.2) is 0 Å². The Kier molecular flexibility index (Phi) is 2.74. The van der Waals surface area contributed by atoms with E-state index in [9.17, 15) is 13.2 Å². The first-order chi connectivity index (χ1) is 7.43. The summed E-state index contributed by atoms with van der Waals surface area (Å²) in [5.74, 6) is -1.64. The average molecular weight is 247 g/mol. The minimum Gasteiger partial charge on any atom is -0.481 e. The topological polar surface area (TPSA) is 74.7 Å². The Labute approximate surface area is 95.4 Å². The Balaban J connectivity index is 2.38. The lowest BCUT2D eigenvalue weighted by Crippen LogP contribution is -2.46. The van der Waals surface area contributed by atoms with Crippen molar-refractivity contribution in [1.82, 2.24) is 4.90 Å². The standard InChI is InChI=1S/C10H17NO4S/c1-2-11-5-4-10(7-11)8(9(12)13)3-6-16(10,14)15/h8H,2-7H2,1H3,(H,12,13). The van der Waals surface area contributed by atoms with Crippen LogP contribution in [-0.2, 0) is 14.6 Å². The molecule has 5 nitrogen and oxygen atoms in total. The molecule has 6 heteroatoms. The summed E-state index contributed by atoms with van der Waals surface area (Å²) < 4.78 is 23.1. The van der Waals surface area contributed by atoms with Gasteiger partial charge < -0.3 is 10.0 Å². The lowest BCUT2D eigenvalue weighted by molar-refractivity contribution is -0.142. The Morgan fingerprint density at radius 1 is 1.56 bits per heavy atom. The van der Waals surface area contributed by atoms with Crippen molar-refractivity contribution in [2.45, 2.75) is 24.5 Å². The van der Waals surface area contributed by atoms with E-state index in [2.05, 4.69) is 0 Å². The molecule has 0 aromatic carbocycles. The van der Waals surface area contributed by atoms with Crippen LogP contribution in [0.4, 0.5) is 0 Å². The van der Waals surface area contributed by atoms with Crippen LogP contribution in [0.1, 0.15) is 19.8 Å². The molecule has 0 aromatic rings. The van der Waals surface area contributed by atoms with E-state index < -0.39 is 26.5 Å². The smallest absolute Gasteiger partial charge is 0.308 e. The zero-order valence-electron chi connectivity index (χ0n) is 9.35. The van der Waals surface area contributed by atoms with Gasteiger partial charge in [0, 0.05) is 6.54 Å². The van der Waals surface area contributed by atoms with Crippen molar-refractivity contribution < 1.29 is 18.3 Å². The molecule has 0 bridgehead atoms. The van der Waals surface area contributed by atoms with Gasteiger partial charge in [0.2, 0.25) is 0 Å². The van der Waals surface area contributed by atoms with Crippen LogP contribution in [0.2, 0.25) is 0 Å². The molecule has 2 saturated heterocycles. The van der Waals surface area contributed by atoms with E-state index in [1.807, 2.05) is 11.8 Å². The van der Waals surface area contributed by atoms with Gasteiger partial charge in [0.25, 0.3) is 0 Å². The zero-order chi connectivity index (χ0) is 12.0. The summed E-state index contributed by atoms with van der Waals surface area (Å²) in [6, 6.07) is 0. The third kappa shape index (κ3) is 1.47. The summed E-state index contributed by atoms with van der Waals surface area (Å²) in [4.78, 5) is 13.2. The predicted molar refractivity (Wildman–Crippen MR) is 59.0 cm³/mol. The molecule has 0 aromatic heterocycles. The molecular formula is C10H17NO4S. The SMILES string of the molecule is CCN1CCC2(C1)C(C(=O)O)CCS2(=O)=O. The molecule has 2 aliphatic heterocycles. The summed E-state index contributed by atoms with van der Waals surface area (Å²) in [6.07, 6.45) is 0.745. The molecule has 0 saturated carbocycles. The van der Waals surface area contributed by atoms with Crippen LogP contribution < -0.4 is 0 Å². The maximum absolute atomic E-state index is 12.1. The van der Waals surface area contributed by atoms with E-state index in [1.165, 1.54) is 0 Å².